The molecule has 2 heterocycles. The average molecular weight is 329 g/mol. The highest BCUT2D eigenvalue weighted by Gasteiger charge is 2.26. The molecule has 0 spiro atoms. The van der Waals surface area contributed by atoms with Gasteiger partial charge in [-0.2, -0.15) is 0 Å². The van der Waals surface area contributed by atoms with Gasteiger partial charge in [-0.3, -0.25) is 0 Å². The van der Waals surface area contributed by atoms with Gasteiger partial charge in [0.05, 0.1) is 11.3 Å². The van der Waals surface area contributed by atoms with Gasteiger partial charge in [-0.25, -0.2) is 13.8 Å². The number of nitrogens with one attached hydrogen (secondary N) is 1. The first-order chi connectivity index (χ1) is 11.5. The van der Waals surface area contributed by atoms with E-state index in [0.717, 1.165) is 24.2 Å². The maximum Gasteiger partial charge on any atom is 0.138 e. The number of imidazole rings is 1. The molecule has 2 aromatic heterocycles. The summed E-state index contributed by atoms with van der Waals surface area (Å²) >= 11 is 0. The van der Waals surface area contributed by atoms with Crippen molar-refractivity contribution in [2.45, 2.75) is 33.0 Å². The maximum atomic E-state index is 14.6. The van der Waals surface area contributed by atoms with E-state index in [1.54, 1.807) is 25.2 Å². The van der Waals surface area contributed by atoms with Crippen LogP contribution >= 0.6 is 0 Å². The van der Waals surface area contributed by atoms with Crippen molar-refractivity contribution < 1.29 is 8.78 Å². The lowest BCUT2D eigenvalue weighted by Gasteiger charge is -2.15. The minimum absolute atomic E-state index is 0.212. The van der Waals surface area contributed by atoms with E-state index in [2.05, 4.69) is 28.0 Å². The second kappa shape index (κ2) is 6.59. The van der Waals surface area contributed by atoms with Crippen molar-refractivity contribution in [3.8, 4) is 0 Å². The standard InChI is InChI=1S/C19H21F2N3/c1-4-9-24-10-8-13(17(24)5-2)6-7-14-15(20)11-16-19(18(14)21)23-12(3)22-16/h5-8,10-11,14-15H,2,4,9H2,1,3H3,(H,22,23)/b7-6+. The van der Waals surface area contributed by atoms with Crippen molar-refractivity contribution in [2.75, 3.05) is 0 Å². The summed E-state index contributed by atoms with van der Waals surface area (Å²) < 4.78 is 31.1. The number of alkyl halides is 1. The van der Waals surface area contributed by atoms with E-state index < -0.39 is 17.9 Å². The summed E-state index contributed by atoms with van der Waals surface area (Å²) in [5.74, 6) is -0.907. The van der Waals surface area contributed by atoms with Crippen LogP contribution in [0.25, 0.3) is 24.1 Å². The Hall–Kier alpha value is -2.43. The zero-order valence-electron chi connectivity index (χ0n) is 13.9. The van der Waals surface area contributed by atoms with Gasteiger partial charge in [0.25, 0.3) is 0 Å². The molecule has 0 aromatic carbocycles. The highest BCUT2D eigenvalue weighted by atomic mass is 19.1. The van der Waals surface area contributed by atoms with E-state index in [1.165, 1.54) is 6.08 Å². The third-order valence-electron chi connectivity index (χ3n) is 4.22. The number of hydrogen-bond donors (Lipinski definition) is 1. The summed E-state index contributed by atoms with van der Waals surface area (Å²) in [5.41, 5.74) is 1.86. The number of allylic oxidation sites excluding steroid dienone is 1. The molecule has 0 saturated carbocycles. The number of fused-ring (bicyclic) bond motifs is 1. The second-order valence-corrected chi connectivity index (χ2v) is 5.98. The minimum Gasteiger partial charge on any atom is -0.348 e. The molecule has 2 unspecified atom stereocenters. The Morgan fingerprint density at radius 2 is 2.25 bits per heavy atom. The Balaban J connectivity index is 1.95. The highest BCUT2D eigenvalue weighted by Crippen LogP contribution is 2.26. The van der Waals surface area contributed by atoms with E-state index in [9.17, 15) is 8.78 Å². The van der Waals surface area contributed by atoms with Crippen LogP contribution in [0.3, 0.4) is 0 Å². The molecule has 0 radical (unpaired) electrons. The molecular weight excluding hydrogens is 308 g/mol. The van der Waals surface area contributed by atoms with Gasteiger partial charge in [-0.1, -0.05) is 25.7 Å². The quantitative estimate of drug-likeness (QED) is 0.898. The molecule has 0 fully saturated rings. The molecule has 0 amide bonds. The van der Waals surface area contributed by atoms with Crippen molar-refractivity contribution in [1.82, 2.24) is 14.5 Å². The maximum absolute atomic E-state index is 14.6. The van der Waals surface area contributed by atoms with Gasteiger partial charge < -0.3 is 9.55 Å². The number of aryl methyl sites for hydroxylation is 2. The molecule has 126 valence electrons. The molecule has 1 aliphatic rings. The molecule has 1 aliphatic carbocycles. The molecule has 1 N–H and O–H groups in total. The fraction of sp³-hybridized carbons (Fsp3) is 0.316. The molecule has 2 aromatic rings. The molecule has 0 saturated heterocycles. The van der Waals surface area contributed by atoms with Gasteiger partial charge in [0.15, 0.2) is 0 Å². The van der Waals surface area contributed by atoms with Crippen molar-refractivity contribution in [2.24, 2.45) is 5.92 Å². The third-order valence-corrected chi connectivity index (χ3v) is 4.22. The average Bonchev–Trinajstić information content (AvgIpc) is 3.10. The number of nitrogens with zero attached hydrogens (tertiary/aromatic N) is 2. The van der Waals surface area contributed by atoms with Gasteiger partial charge in [0.2, 0.25) is 0 Å². The van der Waals surface area contributed by atoms with Gasteiger partial charge in [0, 0.05) is 18.4 Å². The van der Waals surface area contributed by atoms with Crippen LogP contribution in [0.15, 0.2) is 24.9 Å². The Morgan fingerprint density at radius 3 is 2.96 bits per heavy atom. The Kier molecular flexibility index (Phi) is 4.51. The molecule has 0 bridgehead atoms. The highest BCUT2D eigenvalue weighted by molar-refractivity contribution is 5.64. The molecule has 0 aliphatic heterocycles. The first kappa shape index (κ1) is 16.4. The van der Waals surface area contributed by atoms with Crippen LogP contribution in [0.4, 0.5) is 8.78 Å². The predicted octanol–water partition coefficient (Wildman–Crippen LogP) is 3.11. The molecule has 2 atom stereocenters. The van der Waals surface area contributed by atoms with E-state index in [-0.39, 0.29) is 5.35 Å². The number of H-pyrrole nitrogens is 1. The van der Waals surface area contributed by atoms with Crippen LogP contribution in [-0.4, -0.2) is 20.7 Å². The van der Waals surface area contributed by atoms with Crippen LogP contribution in [-0.2, 0) is 6.54 Å². The van der Waals surface area contributed by atoms with Crippen LogP contribution in [0.2, 0.25) is 0 Å². The number of rotatable bonds is 5. The SMILES string of the molecule is C=Cc1c(/C=C/C2C(F)=c3nc(C)[nH]c3=CC2F)ccn1CCC. The van der Waals surface area contributed by atoms with Crippen molar-refractivity contribution >= 4 is 24.1 Å². The fourth-order valence-electron chi connectivity index (χ4n) is 3.08. The summed E-state index contributed by atoms with van der Waals surface area (Å²) in [7, 11) is 0. The first-order valence-electron chi connectivity index (χ1n) is 8.13. The van der Waals surface area contributed by atoms with Gasteiger partial charge >= 0.3 is 0 Å². The van der Waals surface area contributed by atoms with Crippen molar-refractivity contribution in [3.05, 3.63) is 52.7 Å². The molecular formula is C19H21F2N3. The largest absolute Gasteiger partial charge is 0.348 e. The number of hydrogen-bond acceptors (Lipinski definition) is 1. The number of aromatic amines is 1. The normalized spacial score (nSPS) is 20.2. The summed E-state index contributed by atoms with van der Waals surface area (Å²) in [6.07, 6.45) is 8.05. The van der Waals surface area contributed by atoms with Crippen LogP contribution in [0.5, 0.6) is 0 Å². The lowest BCUT2D eigenvalue weighted by atomic mass is 9.96. The molecule has 3 nitrogen and oxygen atoms in total. The van der Waals surface area contributed by atoms with Crippen molar-refractivity contribution in [3.63, 3.8) is 0 Å². The molecule has 3 rings (SSSR count). The monoisotopic (exact) mass is 329 g/mol. The molecule has 24 heavy (non-hydrogen) atoms. The van der Waals surface area contributed by atoms with Crippen molar-refractivity contribution in [1.29, 1.82) is 0 Å². The van der Waals surface area contributed by atoms with E-state index >= 15 is 0 Å². The zero-order chi connectivity index (χ0) is 17.3. The van der Waals surface area contributed by atoms with Gasteiger partial charge in [0.1, 0.15) is 23.2 Å². The lowest BCUT2D eigenvalue weighted by Crippen LogP contribution is -2.36. The Bertz CT molecular complexity index is 902. The Morgan fingerprint density at radius 1 is 1.46 bits per heavy atom. The zero-order valence-corrected chi connectivity index (χ0v) is 13.9. The van der Waals surface area contributed by atoms with Crippen LogP contribution < -0.4 is 10.7 Å². The van der Waals surface area contributed by atoms with Crippen LogP contribution in [0.1, 0.15) is 30.4 Å². The third kappa shape index (κ3) is 2.86. The molecule has 5 heteroatoms. The minimum atomic E-state index is -1.42. The number of halogens is 2. The predicted molar refractivity (Wildman–Crippen MR) is 93.8 cm³/mol. The fourth-order valence-corrected chi connectivity index (χ4v) is 3.08. The summed E-state index contributed by atoms with van der Waals surface area (Å²) in [6.45, 7) is 8.54. The smallest absolute Gasteiger partial charge is 0.138 e. The summed E-state index contributed by atoms with van der Waals surface area (Å²) in [4.78, 5) is 6.99. The summed E-state index contributed by atoms with van der Waals surface area (Å²) in [5, 5.41) is 0.631. The topological polar surface area (TPSA) is 33.6 Å². The first-order valence-corrected chi connectivity index (χ1v) is 8.13. The number of aromatic nitrogens is 3. The van der Waals surface area contributed by atoms with E-state index in [0.29, 0.717) is 11.2 Å². The van der Waals surface area contributed by atoms with E-state index in [4.69, 9.17) is 0 Å². The van der Waals surface area contributed by atoms with E-state index in [1.807, 2.05) is 12.3 Å². The second-order valence-electron chi connectivity index (χ2n) is 5.98. The lowest BCUT2D eigenvalue weighted by molar-refractivity contribution is 0.359. The Labute approximate surface area is 139 Å². The summed E-state index contributed by atoms with van der Waals surface area (Å²) in [6, 6.07) is 1.94. The van der Waals surface area contributed by atoms with Gasteiger partial charge in [-0.15, -0.1) is 0 Å². The van der Waals surface area contributed by atoms with Gasteiger partial charge in [-0.05, 0) is 37.1 Å². The van der Waals surface area contributed by atoms with Crippen LogP contribution in [0, 0.1) is 12.8 Å².